The minimum absolute atomic E-state index is 0.123. The minimum Gasteiger partial charge on any atom is -0.307 e. The lowest BCUT2D eigenvalue weighted by Gasteiger charge is -2.08. The largest absolute Gasteiger partial charge is 0.471 e. The number of nitro groups is 1. The van der Waals surface area contributed by atoms with E-state index >= 15 is 0 Å². The molecule has 10 heteroatoms. The second kappa shape index (κ2) is 5.33. The number of rotatable bonds is 2. The Kier molecular flexibility index (Phi) is 4.04. The number of hydrogen-bond acceptors (Lipinski definition) is 4. The molecular weight excluding hydrogens is 271 g/mol. The maximum atomic E-state index is 11.8. The number of non-ortho nitro benzene ring substituents is 1. The summed E-state index contributed by atoms with van der Waals surface area (Å²) in [5.41, 5.74) is -0.485. The summed E-state index contributed by atoms with van der Waals surface area (Å²) in [5, 5.41) is 13.3. The highest BCUT2D eigenvalue weighted by molar-refractivity contribution is 6.03. The number of carbonyl (C=O) groups excluding carboxylic acids is 2. The van der Waals surface area contributed by atoms with Gasteiger partial charge >= 0.3 is 18.1 Å². The molecule has 0 fully saturated rings. The molecule has 0 saturated carbocycles. The highest BCUT2D eigenvalue weighted by Crippen LogP contribution is 2.17. The summed E-state index contributed by atoms with van der Waals surface area (Å²) in [6.45, 7) is 0. The predicted molar refractivity (Wildman–Crippen MR) is 56.3 cm³/mol. The monoisotopic (exact) mass is 277 g/mol. The fourth-order valence-corrected chi connectivity index (χ4v) is 1.03. The molecule has 2 N–H and O–H groups in total. The smallest absolute Gasteiger partial charge is 0.307 e. The normalized spacial score (nSPS) is 10.7. The fourth-order valence-electron chi connectivity index (χ4n) is 1.03. The van der Waals surface area contributed by atoms with Gasteiger partial charge in [0.2, 0.25) is 0 Å². The van der Waals surface area contributed by atoms with Crippen LogP contribution in [0, 0.1) is 10.1 Å². The molecule has 0 unspecified atom stereocenters. The molecule has 1 aromatic rings. The van der Waals surface area contributed by atoms with Crippen molar-refractivity contribution in [1.29, 1.82) is 0 Å². The van der Waals surface area contributed by atoms with E-state index in [1.54, 1.807) is 0 Å². The Balaban J connectivity index is 2.70. The Hall–Kier alpha value is -2.65. The Labute approximate surface area is 103 Å². The van der Waals surface area contributed by atoms with Crippen molar-refractivity contribution >= 4 is 23.3 Å². The van der Waals surface area contributed by atoms with Crippen LogP contribution in [0.1, 0.15) is 0 Å². The van der Waals surface area contributed by atoms with E-state index in [2.05, 4.69) is 0 Å². The summed E-state index contributed by atoms with van der Waals surface area (Å²) in [7, 11) is 0. The number of anilines is 1. The third-order valence-electron chi connectivity index (χ3n) is 1.80. The number of alkyl halides is 3. The van der Waals surface area contributed by atoms with E-state index in [-0.39, 0.29) is 11.4 Å². The number of nitrogens with zero attached hydrogens (tertiary/aromatic N) is 1. The number of benzene rings is 1. The number of carbonyl (C=O) groups is 2. The van der Waals surface area contributed by atoms with Crippen molar-refractivity contribution in [3.8, 4) is 0 Å². The van der Waals surface area contributed by atoms with Gasteiger partial charge in [-0.25, -0.2) is 4.79 Å². The van der Waals surface area contributed by atoms with Gasteiger partial charge in [0.25, 0.3) is 5.69 Å². The molecule has 1 rings (SSSR count). The summed E-state index contributed by atoms with van der Waals surface area (Å²) in [4.78, 5) is 31.1. The molecule has 0 heterocycles. The van der Waals surface area contributed by atoms with Crippen LogP contribution in [0.2, 0.25) is 0 Å². The van der Waals surface area contributed by atoms with Crippen molar-refractivity contribution in [3.05, 3.63) is 34.4 Å². The van der Waals surface area contributed by atoms with E-state index in [1.807, 2.05) is 5.32 Å². The molecule has 0 saturated heterocycles. The van der Waals surface area contributed by atoms with Gasteiger partial charge in [0.05, 0.1) is 4.92 Å². The minimum atomic E-state index is -5.19. The SMILES string of the molecule is O=C(NC(=O)C(F)(F)F)Nc1cccc([N+](=O)[O-])c1. The van der Waals surface area contributed by atoms with Gasteiger partial charge in [-0.05, 0) is 6.07 Å². The Morgan fingerprint density at radius 1 is 1.26 bits per heavy atom. The van der Waals surface area contributed by atoms with Gasteiger partial charge in [0.15, 0.2) is 0 Å². The average Bonchev–Trinajstić information content (AvgIpc) is 2.27. The van der Waals surface area contributed by atoms with E-state index < -0.39 is 23.0 Å². The van der Waals surface area contributed by atoms with Crippen molar-refractivity contribution in [3.63, 3.8) is 0 Å². The van der Waals surface area contributed by atoms with Gasteiger partial charge in [0.1, 0.15) is 0 Å². The lowest BCUT2D eigenvalue weighted by Crippen LogP contribution is -2.42. The molecule has 0 aromatic heterocycles. The molecule has 3 amide bonds. The number of imide groups is 1. The van der Waals surface area contributed by atoms with E-state index in [9.17, 15) is 32.9 Å². The van der Waals surface area contributed by atoms with Crippen molar-refractivity contribution in [2.45, 2.75) is 6.18 Å². The second-order valence-corrected chi connectivity index (χ2v) is 3.21. The first kappa shape index (κ1) is 14.4. The van der Waals surface area contributed by atoms with E-state index in [0.29, 0.717) is 0 Å². The summed E-state index contributed by atoms with van der Waals surface area (Å²) >= 11 is 0. The predicted octanol–water partition coefficient (Wildman–Crippen LogP) is 1.81. The highest BCUT2D eigenvalue weighted by Gasteiger charge is 2.39. The van der Waals surface area contributed by atoms with Gasteiger partial charge < -0.3 is 5.32 Å². The summed E-state index contributed by atoms with van der Waals surface area (Å²) < 4.78 is 35.5. The first-order chi connectivity index (χ1) is 8.70. The molecule has 0 aliphatic rings. The third kappa shape index (κ3) is 4.26. The number of amides is 3. The van der Waals surface area contributed by atoms with Crippen LogP contribution in [0.5, 0.6) is 0 Å². The highest BCUT2D eigenvalue weighted by atomic mass is 19.4. The van der Waals surface area contributed by atoms with Gasteiger partial charge in [-0.2, -0.15) is 13.2 Å². The Bertz CT molecular complexity index is 530. The number of urea groups is 1. The molecular formula is C9H6F3N3O4. The fraction of sp³-hybridized carbons (Fsp3) is 0.111. The van der Waals surface area contributed by atoms with E-state index in [4.69, 9.17) is 0 Å². The van der Waals surface area contributed by atoms with Crippen LogP contribution in [-0.4, -0.2) is 23.0 Å². The molecule has 0 aliphatic heterocycles. The van der Waals surface area contributed by atoms with E-state index in [0.717, 1.165) is 17.4 Å². The number of hydrogen-bond donors (Lipinski definition) is 2. The van der Waals surface area contributed by atoms with Crippen molar-refractivity contribution < 1.29 is 27.7 Å². The van der Waals surface area contributed by atoms with Crippen molar-refractivity contribution in [1.82, 2.24) is 5.32 Å². The topological polar surface area (TPSA) is 101 Å². The van der Waals surface area contributed by atoms with Crippen LogP contribution in [0.3, 0.4) is 0 Å². The van der Waals surface area contributed by atoms with Crippen molar-refractivity contribution in [2.24, 2.45) is 0 Å². The lowest BCUT2D eigenvalue weighted by atomic mass is 10.3. The van der Waals surface area contributed by atoms with Gasteiger partial charge in [0, 0.05) is 17.8 Å². The molecule has 0 radical (unpaired) electrons. The lowest BCUT2D eigenvalue weighted by molar-refractivity contribution is -0.384. The van der Waals surface area contributed by atoms with Crippen molar-refractivity contribution in [2.75, 3.05) is 5.32 Å². The molecule has 0 aliphatic carbocycles. The quantitative estimate of drug-likeness (QED) is 0.635. The van der Waals surface area contributed by atoms with Gasteiger partial charge in [-0.3, -0.25) is 20.2 Å². The Morgan fingerprint density at radius 3 is 2.42 bits per heavy atom. The summed E-state index contributed by atoms with van der Waals surface area (Å²) in [6, 6.07) is 3.05. The molecule has 19 heavy (non-hydrogen) atoms. The number of nitro benzene ring substituents is 1. The molecule has 102 valence electrons. The van der Waals surface area contributed by atoms with Crippen LogP contribution < -0.4 is 10.6 Å². The standard InChI is InChI=1S/C9H6F3N3O4/c10-9(11,12)7(16)14-8(17)13-5-2-1-3-6(4-5)15(18)19/h1-4H,(H2,13,14,16,17). The van der Waals surface area contributed by atoms with Gasteiger partial charge in [-0.15, -0.1) is 0 Å². The van der Waals surface area contributed by atoms with Crippen LogP contribution in [-0.2, 0) is 4.79 Å². The van der Waals surface area contributed by atoms with Crippen LogP contribution in [0.4, 0.5) is 29.3 Å². The van der Waals surface area contributed by atoms with Gasteiger partial charge in [-0.1, -0.05) is 6.07 Å². The molecule has 0 bridgehead atoms. The first-order valence-electron chi connectivity index (χ1n) is 4.64. The molecule has 7 nitrogen and oxygen atoms in total. The maximum Gasteiger partial charge on any atom is 0.471 e. The molecule has 1 aromatic carbocycles. The zero-order valence-corrected chi connectivity index (χ0v) is 9.02. The first-order valence-corrected chi connectivity index (χ1v) is 4.64. The number of nitrogens with one attached hydrogen (secondary N) is 2. The third-order valence-corrected chi connectivity index (χ3v) is 1.80. The molecule has 0 atom stereocenters. The average molecular weight is 277 g/mol. The van der Waals surface area contributed by atoms with Crippen LogP contribution >= 0.6 is 0 Å². The van der Waals surface area contributed by atoms with Crippen LogP contribution in [0.25, 0.3) is 0 Å². The zero-order valence-electron chi connectivity index (χ0n) is 9.02. The number of halogens is 3. The summed E-state index contributed by atoms with van der Waals surface area (Å²) in [6.07, 6.45) is -5.19. The van der Waals surface area contributed by atoms with E-state index in [1.165, 1.54) is 12.1 Å². The van der Waals surface area contributed by atoms with Crippen LogP contribution in [0.15, 0.2) is 24.3 Å². The summed E-state index contributed by atoms with van der Waals surface area (Å²) in [5.74, 6) is -2.43. The zero-order chi connectivity index (χ0) is 14.6. The second-order valence-electron chi connectivity index (χ2n) is 3.21. The molecule has 0 spiro atoms. The Morgan fingerprint density at radius 2 is 1.89 bits per heavy atom. The maximum absolute atomic E-state index is 11.8.